The average molecular weight is 571 g/mol. The van der Waals surface area contributed by atoms with Crippen LogP contribution in [0.5, 0.6) is 0 Å². The van der Waals surface area contributed by atoms with Gasteiger partial charge in [-0.3, -0.25) is 19.2 Å². The van der Waals surface area contributed by atoms with Gasteiger partial charge in [0.15, 0.2) is 0 Å². The van der Waals surface area contributed by atoms with Crippen LogP contribution in [0.2, 0.25) is 0 Å². The van der Waals surface area contributed by atoms with Gasteiger partial charge in [0.1, 0.15) is 18.4 Å². The largest absolute Gasteiger partial charge is 0.348 e. The number of aromatic amines is 1. The normalized spacial score (nSPS) is 13.9. The number of aromatic nitrogens is 2. The number of H-pyrrole nitrogens is 1. The van der Waals surface area contributed by atoms with E-state index in [-0.39, 0.29) is 12.3 Å². The standard InChI is InChI=1S/C28H42N8O5/c1-18(2)25(28(41)34-21(16-37)12-19-8-4-3-5-9-19)36-24(38)15-32-27(40)23(13-20-14-31-17-33-20)35-26(39)22(30)10-6-7-11-29/h3-5,8-9,14,16-18,21-23,25H,6-7,10-13,15,29-30H2,1-2H3,(H,31,33)(H,32,40)(H,34,41)(H,35,39)(H,36,38)/t21-,22-,23-,25-/m0/s1. The summed E-state index contributed by atoms with van der Waals surface area (Å²) in [5.41, 5.74) is 12.9. The van der Waals surface area contributed by atoms with E-state index in [2.05, 4.69) is 31.2 Å². The molecule has 2 aromatic rings. The van der Waals surface area contributed by atoms with Crippen molar-refractivity contribution in [3.63, 3.8) is 0 Å². The molecule has 1 aromatic carbocycles. The molecule has 0 unspecified atom stereocenters. The smallest absolute Gasteiger partial charge is 0.243 e. The number of hydrogen-bond donors (Lipinski definition) is 7. The van der Waals surface area contributed by atoms with Crippen molar-refractivity contribution in [1.82, 2.24) is 31.2 Å². The number of nitrogens with two attached hydrogens (primary N) is 2. The number of imidazole rings is 1. The third-order valence-electron chi connectivity index (χ3n) is 6.40. The third kappa shape index (κ3) is 11.9. The molecule has 1 aromatic heterocycles. The van der Waals surface area contributed by atoms with Gasteiger partial charge in [-0.2, -0.15) is 0 Å². The first-order valence-electron chi connectivity index (χ1n) is 13.7. The minimum Gasteiger partial charge on any atom is -0.348 e. The predicted molar refractivity (Wildman–Crippen MR) is 153 cm³/mol. The zero-order valence-electron chi connectivity index (χ0n) is 23.6. The molecule has 2 rings (SSSR count). The van der Waals surface area contributed by atoms with Crippen LogP contribution in [0.3, 0.4) is 0 Å². The second-order valence-corrected chi connectivity index (χ2v) is 10.2. The maximum absolute atomic E-state index is 13.0. The highest BCUT2D eigenvalue weighted by molar-refractivity contribution is 5.93. The fraction of sp³-hybridized carbons (Fsp3) is 0.500. The lowest BCUT2D eigenvalue weighted by Crippen LogP contribution is -2.56. The molecule has 0 saturated heterocycles. The van der Waals surface area contributed by atoms with E-state index < -0.39 is 54.3 Å². The van der Waals surface area contributed by atoms with Gasteiger partial charge in [0.2, 0.25) is 23.6 Å². The summed E-state index contributed by atoms with van der Waals surface area (Å²) in [5.74, 6) is -2.52. The average Bonchev–Trinajstić information content (AvgIpc) is 3.47. The summed E-state index contributed by atoms with van der Waals surface area (Å²) >= 11 is 0. The number of nitrogens with zero attached hydrogens (tertiary/aromatic N) is 1. The second-order valence-electron chi connectivity index (χ2n) is 10.2. The Kier molecular flexibility index (Phi) is 14.2. The van der Waals surface area contributed by atoms with Gasteiger partial charge < -0.3 is 42.5 Å². The Balaban J connectivity index is 1.96. The van der Waals surface area contributed by atoms with Crippen molar-refractivity contribution in [2.24, 2.45) is 17.4 Å². The van der Waals surface area contributed by atoms with Gasteiger partial charge >= 0.3 is 0 Å². The fourth-order valence-corrected chi connectivity index (χ4v) is 4.07. The van der Waals surface area contributed by atoms with Gasteiger partial charge in [0, 0.05) is 18.3 Å². The van der Waals surface area contributed by atoms with Crippen LogP contribution in [0.25, 0.3) is 0 Å². The fourth-order valence-electron chi connectivity index (χ4n) is 4.07. The molecule has 0 aliphatic heterocycles. The number of carbonyl (C=O) groups is 5. The first-order valence-corrected chi connectivity index (χ1v) is 13.7. The lowest BCUT2D eigenvalue weighted by molar-refractivity contribution is -0.132. The molecule has 0 radical (unpaired) electrons. The van der Waals surface area contributed by atoms with Crippen LogP contribution in [0.1, 0.15) is 44.4 Å². The number of rotatable bonds is 18. The molecule has 0 aliphatic rings. The van der Waals surface area contributed by atoms with Crippen LogP contribution in [-0.2, 0) is 36.8 Å². The quantitative estimate of drug-likeness (QED) is 0.0876. The molecule has 0 spiro atoms. The van der Waals surface area contributed by atoms with Crippen molar-refractivity contribution in [1.29, 1.82) is 0 Å². The molecule has 0 saturated carbocycles. The van der Waals surface area contributed by atoms with E-state index in [1.807, 2.05) is 30.3 Å². The maximum atomic E-state index is 13.0. The number of hydrogen-bond acceptors (Lipinski definition) is 8. The van der Waals surface area contributed by atoms with Gasteiger partial charge in [-0.05, 0) is 37.3 Å². The Bertz CT molecular complexity index is 1110. The van der Waals surface area contributed by atoms with Crippen LogP contribution < -0.4 is 32.7 Å². The molecule has 4 amide bonds. The van der Waals surface area contributed by atoms with E-state index in [0.29, 0.717) is 37.8 Å². The molecule has 4 atom stereocenters. The second kappa shape index (κ2) is 17.6. The van der Waals surface area contributed by atoms with E-state index in [0.717, 1.165) is 12.0 Å². The predicted octanol–water partition coefficient (Wildman–Crippen LogP) is -0.923. The molecule has 13 heteroatoms. The molecule has 9 N–H and O–H groups in total. The molecule has 0 aliphatic carbocycles. The summed E-state index contributed by atoms with van der Waals surface area (Å²) in [7, 11) is 0. The van der Waals surface area contributed by atoms with Crippen molar-refractivity contribution < 1.29 is 24.0 Å². The topological polar surface area (TPSA) is 214 Å². The molecule has 224 valence electrons. The Hall–Kier alpha value is -4.10. The number of unbranched alkanes of at least 4 members (excludes halogenated alkanes) is 1. The Labute approximate surface area is 240 Å². The van der Waals surface area contributed by atoms with E-state index in [9.17, 15) is 24.0 Å². The monoisotopic (exact) mass is 570 g/mol. The van der Waals surface area contributed by atoms with E-state index in [1.165, 1.54) is 12.5 Å². The maximum Gasteiger partial charge on any atom is 0.243 e. The molecule has 0 fully saturated rings. The summed E-state index contributed by atoms with van der Waals surface area (Å²) in [6.45, 7) is 3.56. The van der Waals surface area contributed by atoms with E-state index in [1.54, 1.807) is 13.8 Å². The molecule has 13 nitrogen and oxygen atoms in total. The van der Waals surface area contributed by atoms with Crippen molar-refractivity contribution in [3.05, 3.63) is 54.1 Å². The van der Waals surface area contributed by atoms with Crippen molar-refractivity contribution >= 4 is 29.9 Å². The first kappa shape index (κ1) is 33.1. The van der Waals surface area contributed by atoms with Gasteiger partial charge in [-0.1, -0.05) is 50.6 Å². The molecular formula is C28H42N8O5. The number of aldehydes is 1. The highest BCUT2D eigenvalue weighted by Crippen LogP contribution is 2.06. The van der Waals surface area contributed by atoms with E-state index >= 15 is 0 Å². The molecule has 41 heavy (non-hydrogen) atoms. The van der Waals surface area contributed by atoms with E-state index in [4.69, 9.17) is 11.5 Å². The summed E-state index contributed by atoms with van der Waals surface area (Å²) in [5, 5.41) is 10.5. The number of amides is 4. The van der Waals surface area contributed by atoms with Crippen LogP contribution >= 0.6 is 0 Å². The summed E-state index contributed by atoms with van der Waals surface area (Å²) in [6, 6.07) is 5.70. The lowest BCUT2D eigenvalue weighted by atomic mass is 10.0. The van der Waals surface area contributed by atoms with Crippen LogP contribution in [-0.4, -0.2) is 77.1 Å². The van der Waals surface area contributed by atoms with Crippen LogP contribution in [0.4, 0.5) is 0 Å². The van der Waals surface area contributed by atoms with Gasteiger partial charge in [-0.25, -0.2) is 4.98 Å². The Morgan fingerprint density at radius 2 is 1.71 bits per heavy atom. The minimum atomic E-state index is -1.02. The first-order chi connectivity index (χ1) is 19.6. The van der Waals surface area contributed by atoms with Gasteiger partial charge in [-0.15, -0.1) is 0 Å². The number of benzene rings is 1. The molecule has 1 heterocycles. The zero-order chi connectivity index (χ0) is 30.2. The van der Waals surface area contributed by atoms with Crippen molar-refractivity contribution in [3.8, 4) is 0 Å². The highest BCUT2D eigenvalue weighted by Gasteiger charge is 2.28. The number of carbonyl (C=O) groups excluding carboxylic acids is 5. The van der Waals surface area contributed by atoms with Gasteiger partial charge in [0.05, 0.1) is 25.0 Å². The van der Waals surface area contributed by atoms with Crippen molar-refractivity contribution in [2.75, 3.05) is 13.1 Å². The summed E-state index contributed by atoms with van der Waals surface area (Å²) in [4.78, 5) is 69.7. The molecular weight excluding hydrogens is 528 g/mol. The highest BCUT2D eigenvalue weighted by atomic mass is 16.2. The SMILES string of the molecule is CC(C)[C@H](NC(=O)CNC(=O)[C@H](Cc1cnc[nH]1)NC(=O)[C@@H](N)CCCCN)C(=O)N[C@H](C=O)Cc1ccccc1. The van der Waals surface area contributed by atoms with Crippen LogP contribution in [0.15, 0.2) is 42.9 Å². The lowest BCUT2D eigenvalue weighted by Gasteiger charge is -2.24. The zero-order valence-corrected chi connectivity index (χ0v) is 23.6. The Morgan fingerprint density at radius 3 is 2.32 bits per heavy atom. The minimum absolute atomic E-state index is 0.0975. The van der Waals surface area contributed by atoms with Crippen molar-refractivity contribution in [2.45, 2.75) is 70.1 Å². The van der Waals surface area contributed by atoms with Crippen LogP contribution in [0, 0.1) is 5.92 Å². The summed E-state index contributed by atoms with van der Waals surface area (Å²) < 4.78 is 0. The number of nitrogens with one attached hydrogen (secondary N) is 5. The summed E-state index contributed by atoms with van der Waals surface area (Å²) in [6.07, 6.45) is 5.85. The Morgan fingerprint density at radius 1 is 0.976 bits per heavy atom. The third-order valence-corrected chi connectivity index (χ3v) is 6.40. The molecule has 0 bridgehead atoms. The van der Waals surface area contributed by atoms with Gasteiger partial charge in [0.25, 0.3) is 0 Å².